The van der Waals surface area contributed by atoms with E-state index in [1.807, 2.05) is 0 Å². The largest absolute Gasteiger partial charge is 0.338 e. The zero-order chi connectivity index (χ0) is 13.1. The standard InChI is InChI=1S/C10H19N3O3S/c1-4-5-6-8(11)10-12-9(13-16-10)7(2)17(3,14)15/h7-8H,4-6,11H2,1-3H3/t7?,8-/m0/s1. The molecule has 0 radical (unpaired) electrons. The molecule has 0 spiro atoms. The smallest absolute Gasteiger partial charge is 0.243 e. The van der Waals surface area contributed by atoms with Gasteiger partial charge in [0, 0.05) is 6.26 Å². The van der Waals surface area contributed by atoms with Crippen LogP contribution in [0.1, 0.15) is 56.1 Å². The Bertz CT molecular complexity index is 455. The maximum absolute atomic E-state index is 11.3. The molecule has 7 heteroatoms. The Labute approximate surface area is 102 Å². The summed E-state index contributed by atoms with van der Waals surface area (Å²) in [5, 5.41) is 2.90. The van der Waals surface area contributed by atoms with Crippen LogP contribution in [0, 0.1) is 0 Å². The molecule has 0 aromatic carbocycles. The second-order valence-corrected chi connectivity index (χ2v) is 6.58. The third-order valence-electron chi connectivity index (χ3n) is 2.65. The summed E-state index contributed by atoms with van der Waals surface area (Å²) < 4.78 is 27.6. The van der Waals surface area contributed by atoms with Crippen molar-refractivity contribution in [2.24, 2.45) is 5.73 Å². The van der Waals surface area contributed by atoms with Gasteiger partial charge in [0.2, 0.25) is 5.89 Å². The van der Waals surface area contributed by atoms with Crippen LogP contribution in [-0.4, -0.2) is 24.8 Å². The first kappa shape index (κ1) is 14.1. The molecular weight excluding hydrogens is 242 g/mol. The minimum Gasteiger partial charge on any atom is -0.338 e. The Morgan fingerprint density at radius 1 is 1.47 bits per heavy atom. The molecule has 1 unspecified atom stereocenters. The van der Waals surface area contributed by atoms with Gasteiger partial charge in [-0.25, -0.2) is 8.42 Å². The van der Waals surface area contributed by atoms with Gasteiger partial charge in [0.05, 0.1) is 6.04 Å². The maximum atomic E-state index is 11.3. The molecule has 0 fully saturated rings. The fraction of sp³-hybridized carbons (Fsp3) is 0.800. The highest BCUT2D eigenvalue weighted by atomic mass is 32.2. The lowest BCUT2D eigenvalue weighted by Gasteiger charge is -2.04. The zero-order valence-corrected chi connectivity index (χ0v) is 11.2. The monoisotopic (exact) mass is 261 g/mol. The SMILES string of the molecule is CCCC[C@H](N)c1nc(C(C)S(C)(=O)=O)no1. The van der Waals surface area contributed by atoms with Crippen LogP contribution in [-0.2, 0) is 9.84 Å². The number of hydrogen-bond acceptors (Lipinski definition) is 6. The van der Waals surface area contributed by atoms with E-state index in [4.69, 9.17) is 10.3 Å². The summed E-state index contributed by atoms with van der Waals surface area (Å²) in [6, 6.07) is -0.317. The number of aromatic nitrogens is 2. The molecule has 1 aromatic rings. The molecule has 0 aliphatic rings. The van der Waals surface area contributed by atoms with E-state index < -0.39 is 15.1 Å². The lowest BCUT2D eigenvalue weighted by molar-refractivity contribution is 0.342. The molecule has 2 atom stereocenters. The Hall–Kier alpha value is -0.950. The topological polar surface area (TPSA) is 99.1 Å². The molecule has 0 saturated carbocycles. The van der Waals surface area contributed by atoms with Crippen LogP contribution in [0.5, 0.6) is 0 Å². The predicted octanol–water partition coefficient (Wildman–Crippen LogP) is 1.37. The van der Waals surface area contributed by atoms with Crippen LogP contribution in [0.15, 0.2) is 4.52 Å². The summed E-state index contributed by atoms with van der Waals surface area (Å²) in [5.74, 6) is 0.485. The Balaban J connectivity index is 2.78. The van der Waals surface area contributed by atoms with Gasteiger partial charge in [0.25, 0.3) is 0 Å². The molecule has 1 rings (SSSR count). The minimum absolute atomic E-state index is 0.175. The van der Waals surface area contributed by atoms with Gasteiger partial charge in [-0.1, -0.05) is 24.9 Å². The average Bonchev–Trinajstić information content (AvgIpc) is 2.72. The summed E-state index contributed by atoms with van der Waals surface area (Å²) >= 11 is 0. The molecule has 0 bridgehead atoms. The van der Waals surface area contributed by atoms with Crippen molar-refractivity contribution < 1.29 is 12.9 Å². The molecule has 6 nitrogen and oxygen atoms in total. The van der Waals surface area contributed by atoms with Crippen molar-refractivity contribution in [2.75, 3.05) is 6.26 Å². The van der Waals surface area contributed by atoms with Crippen LogP contribution < -0.4 is 5.73 Å². The van der Waals surface area contributed by atoms with Gasteiger partial charge in [-0.05, 0) is 13.3 Å². The van der Waals surface area contributed by atoms with Crippen molar-refractivity contribution in [3.8, 4) is 0 Å². The maximum Gasteiger partial charge on any atom is 0.243 e. The van der Waals surface area contributed by atoms with Crippen molar-refractivity contribution in [3.63, 3.8) is 0 Å². The quantitative estimate of drug-likeness (QED) is 0.830. The number of nitrogens with two attached hydrogens (primary N) is 1. The van der Waals surface area contributed by atoms with Crippen molar-refractivity contribution in [1.82, 2.24) is 10.1 Å². The van der Waals surface area contributed by atoms with E-state index in [2.05, 4.69) is 17.1 Å². The van der Waals surface area contributed by atoms with E-state index in [1.165, 1.54) is 6.92 Å². The van der Waals surface area contributed by atoms with Gasteiger partial charge in [0.15, 0.2) is 15.7 Å². The fourth-order valence-electron chi connectivity index (χ4n) is 1.30. The number of hydrogen-bond donors (Lipinski definition) is 1. The highest BCUT2D eigenvalue weighted by Gasteiger charge is 2.24. The molecule has 98 valence electrons. The summed E-state index contributed by atoms with van der Waals surface area (Å²) in [6.07, 6.45) is 3.91. The van der Waals surface area contributed by atoms with E-state index in [9.17, 15) is 8.42 Å². The number of sulfone groups is 1. The van der Waals surface area contributed by atoms with Gasteiger partial charge in [-0.15, -0.1) is 0 Å². The third kappa shape index (κ3) is 3.78. The zero-order valence-electron chi connectivity index (χ0n) is 10.4. The summed E-state index contributed by atoms with van der Waals surface area (Å²) in [6.45, 7) is 3.60. The van der Waals surface area contributed by atoms with Gasteiger partial charge in [-0.3, -0.25) is 0 Å². The van der Waals surface area contributed by atoms with Crippen molar-refractivity contribution in [1.29, 1.82) is 0 Å². The Morgan fingerprint density at radius 3 is 2.65 bits per heavy atom. The van der Waals surface area contributed by atoms with Crippen LogP contribution in [0.2, 0.25) is 0 Å². The van der Waals surface area contributed by atoms with Gasteiger partial charge in [-0.2, -0.15) is 4.98 Å². The first-order chi connectivity index (χ1) is 7.86. The molecular formula is C10H19N3O3S. The van der Waals surface area contributed by atoms with Gasteiger partial charge in [0.1, 0.15) is 5.25 Å². The van der Waals surface area contributed by atoms with Crippen molar-refractivity contribution >= 4 is 9.84 Å². The Kier molecular flexibility index (Phi) is 4.64. The minimum atomic E-state index is -3.21. The molecule has 0 aliphatic heterocycles. The molecule has 1 heterocycles. The fourth-order valence-corrected chi connectivity index (χ4v) is 1.78. The second kappa shape index (κ2) is 5.59. The lowest BCUT2D eigenvalue weighted by atomic mass is 10.1. The molecule has 17 heavy (non-hydrogen) atoms. The summed E-state index contributed by atoms with van der Waals surface area (Å²) in [4.78, 5) is 4.05. The van der Waals surface area contributed by atoms with Gasteiger partial charge < -0.3 is 10.3 Å². The van der Waals surface area contributed by atoms with E-state index in [0.29, 0.717) is 5.89 Å². The number of unbranched alkanes of at least 4 members (excludes halogenated alkanes) is 1. The number of nitrogens with zero attached hydrogens (tertiary/aromatic N) is 2. The lowest BCUT2D eigenvalue weighted by Crippen LogP contribution is -2.12. The molecule has 2 N–H and O–H groups in total. The van der Waals surface area contributed by atoms with Gasteiger partial charge >= 0.3 is 0 Å². The molecule has 0 amide bonds. The van der Waals surface area contributed by atoms with E-state index in [-0.39, 0.29) is 11.9 Å². The second-order valence-electron chi connectivity index (χ2n) is 4.21. The van der Waals surface area contributed by atoms with Crippen LogP contribution in [0.25, 0.3) is 0 Å². The predicted molar refractivity (Wildman–Crippen MR) is 64.0 cm³/mol. The third-order valence-corrected chi connectivity index (χ3v) is 4.14. The number of rotatable bonds is 6. The molecule has 1 aromatic heterocycles. The van der Waals surface area contributed by atoms with Crippen molar-refractivity contribution in [3.05, 3.63) is 11.7 Å². The first-order valence-corrected chi connectivity index (χ1v) is 7.59. The molecule has 0 aliphatic carbocycles. The summed E-state index contributed by atoms with van der Waals surface area (Å²) in [5.41, 5.74) is 5.86. The van der Waals surface area contributed by atoms with Crippen LogP contribution in [0.3, 0.4) is 0 Å². The van der Waals surface area contributed by atoms with Crippen LogP contribution in [0.4, 0.5) is 0 Å². The highest BCUT2D eigenvalue weighted by Crippen LogP contribution is 2.21. The van der Waals surface area contributed by atoms with Crippen molar-refractivity contribution in [2.45, 2.75) is 44.4 Å². The molecule has 0 saturated heterocycles. The first-order valence-electron chi connectivity index (χ1n) is 5.64. The summed E-state index contributed by atoms with van der Waals surface area (Å²) in [7, 11) is -3.21. The normalized spacial score (nSPS) is 15.8. The van der Waals surface area contributed by atoms with E-state index >= 15 is 0 Å². The van der Waals surface area contributed by atoms with Crippen LogP contribution >= 0.6 is 0 Å². The average molecular weight is 261 g/mol. The Morgan fingerprint density at radius 2 is 2.12 bits per heavy atom. The van der Waals surface area contributed by atoms with E-state index in [0.717, 1.165) is 25.5 Å². The highest BCUT2D eigenvalue weighted by molar-refractivity contribution is 7.90. The van der Waals surface area contributed by atoms with E-state index in [1.54, 1.807) is 0 Å².